The maximum atomic E-state index is 5.26. The van der Waals surface area contributed by atoms with E-state index < -0.39 is 8.07 Å². The van der Waals surface area contributed by atoms with Crippen LogP contribution in [0.4, 0.5) is 0 Å². The van der Waals surface area contributed by atoms with Gasteiger partial charge < -0.3 is 4.74 Å². The van der Waals surface area contributed by atoms with E-state index in [1.54, 1.807) is 0 Å². The lowest BCUT2D eigenvalue weighted by molar-refractivity contribution is 0.232. The van der Waals surface area contributed by atoms with Crippen LogP contribution in [0.1, 0.15) is 6.92 Å². The van der Waals surface area contributed by atoms with Crippen LogP contribution < -0.4 is 0 Å². The van der Waals surface area contributed by atoms with Crippen molar-refractivity contribution < 1.29 is 4.74 Å². The van der Waals surface area contributed by atoms with Crippen LogP contribution in [-0.4, -0.2) is 14.7 Å². The number of hydrogen-bond donors (Lipinski definition) is 0. The van der Waals surface area contributed by atoms with E-state index in [9.17, 15) is 0 Å². The van der Waals surface area contributed by atoms with Gasteiger partial charge in [0, 0.05) is 0 Å². The molecule has 10 heavy (non-hydrogen) atoms. The molecule has 0 aromatic heterocycles. The van der Waals surface area contributed by atoms with Crippen LogP contribution in [0.25, 0.3) is 0 Å². The van der Waals surface area contributed by atoms with Gasteiger partial charge in [-0.25, -0.2) is 0 Å². The van der Waals surface area contributed by atoms with Gasteiger partial charge in [0.1, 0.15) is 0 Å². The van der Waals surface area contributed by atoms with Gasteiger partial charge >= 0.3 is 0 Å². The maximum Gasteiger partial charge on any atom is 0.0861 e. The first-order valence-electron chi connectivity index (χ1n) is 3.76. The van der Waals surface area contributed by atoms with E-state index in [0.29, 0.717) is 0 Å². The minimum absolute atomic E-state index is 0.753. The third-order valence-electron chi connectivity index (χ3n) is 1.08. The summed E-state index contributed by atoms with van der Waals surface area (Å²) in [4.78, 5) is 0. The summed E-state index contributed by atoms with van der Waals surface area (Å²) in [5.74, 6) is 0.960. The Morgan fingerprint density at radius 3 is 2.20 bits per heavy atom. The topological polar surface area (TPSA) is 9.23 Å². The first kappa shape index (κ1) is 9.76. The summed E-state index contributed by atoms with van der Waals surface area (Å²) in [6.45, 7) is 13.5. The van der Waals surface area contributed by atoms with Crippen molar-refractivity contribution >= 4 is 8.07 Å². The molecule has 0 saturated carbocycles. The van der Waals surface area contributed by atoms with Crippen LogP contribution in [-0.2, 0) is 4.74 Å². The summed E-state index contributed by atoms with van der Waals surface area (Å²) in [5.41, 5.74) is 0. The highest BCUT2D eigenvalue weighted by molar-refractivity contribution is 6.76. The summed E-state index contributed by atoms with van der Waals surface area (Å²) in [6, 6.07) is 1.08. The maximum absolute atomic E-state index is 5.26. The monoisotopic (exact) mass is 158 g/mol. The van der Waals surface area contributed by atoms with Gasteiger partial charge in [0.25, 0.3) is 0 Å². The second kappa shape index (κ2) is 3.81. The Hall–Kier alpha value is -0.243. The van der Waals surface area contributed by atoms with E-state index in [0.717, 1.165) is 18.4 Å². The predicted molar refractivity (Wildman–Crippen MR) is 48.9 cm³/mol. The van der Waals surface area contributed by atoms with E-state index in [1.807, 2.05) is 6.92 Å². The molecule has 0 unspecified atom stereocenters. The highest BCUT2D eigenvalue weighted by Crippen LogP contribution is 2.14. The van der Waals surface area contributed by atoms with E-state index in [4.69, 9.17) is 4.74 Å². The third kappa shape index (κ3) is 5.89. The van der Waals surface area contributed by atoms with Crippen molar-refractivity contribution in [1.82, 2.24) is 0 Å². The fourth-order valence-corrected chi connectivity index (χ4v) is 2.13. The SMILES string of the molecule is C=C(C[Si](C)(C)C)OCC. The van der Waals surface area contributed by atoms with E-state index in [1.165, 1.54) is 0 Å². The highest BCUT2D eigenvalue weighted by Gasteiger charge is 2.14. The normalized spacial score (nSPS) is 11.2. The zero-order chi connectivity index (χ0) is 8.20. The molecular formula is C8H18OSi. The van der Waals surface area contributed by atoms with Crippen LogP contribution >= 0.6 is 0 Å². The van der Waals surface area contributed by atoms with Crippen molar-refractivity contribution in [3.8, 4) is 0 Å². The molecule has 0 aromatic rings. The van der Waals surface area contributed by atoms with Crippen molar-refractivity contribution in [3.63, 3.8) is 0 Å². The molecule has 0 amide bonds. The van der Waals surface area contributed by atoms with E-state index in [-0.39, 0.29) is 0 Å². The second-order valence-corrected chi connectivity index (χ2v) is 9.18. The van der Waals surface area contributed by atoms with Crippen LogP contribution in [0.5, 0.6) is 0 Å². The molecule has 0 spiro atoms. The fraction of sp³-hybridized carbons (Fsp3) is 0.750. The van der Waals surface area contributed by atoms with Gasteiger partial charge in [0.2, 0.25) is 0 Å². The largest absolute Gasteiger partial charge is 0.499 e. The molecule has 2 heteroatoms. The molecule has 0 radical (unpaired) electrons. The molecule has 0 N–H and O–H groups in total. The van der Waals surface area contributed by atoms with Gasteiger partial charge in [-0.1, -0.05) is 26.2 Å². The van der Waals surface area contributed by atoms with Gasteiger partial charge in [-0.3, -0.25) is 0 Å². The molecule has 1 nitrogen and oxygen atoms in total. The lowest BCUT2D eigenvalue weighted by atomic mass is 10.6. The van der Waals surface area contributed by atoms with Gasteiger partial charge in [0.15, 0.2) is 0 Å². The minimum Gasteiger partial charge on any atom is -0.499 e. The molecular weight excluding hydrogens is 140 g/mol. The molecule has 0 bridgehead atoms. The summed E-state index contributed by atoms with van der Waals surface area (Å²) >= 11 is 0. The Morgan fingerprint density at radius 1 is 1.40 bits per heavy atom. The van der Waals surface area contributed by atoms with Crippen molar-refractivity contribution in [3.05, 3.63) is 12.3 Å². The number of allylic oxidation sites excluding steroid dienone is 1. The van der Waals surface area contributed by atoms with Gasteiger partial charge in [-0.2, -0.15) is 0 Å². The van der Waals surface area contributed by atoms with Crippen LogP contribution in [0.2, 0.25) is 25.7 Å². The standard InChI is InChI=1S/C8H18OSi/c1-6-9-8(2)7-10(3,4)5/h2,6-7H2,1,3-5H3. The predicted octanol–water partition coefficient (Wildman–Crippen LogP) is 2.87. The van der Waals surface area contributed by atoms with Crippen molar-refractivity contribution in [2.24, 2.45) is 0 Å². The Labute approximate surface area is 65.1 Å². The summed E-state index contributed by atoms with van der Waals surface area (Å²) in [7, 11) is -0.982. The molecule has 0 heterocycles. The minimum atomic E-state index is -0.982. The molecule has 0 atom stereocenters. The van der Waals surface area contributed by atoms with Gasteiger partial charge in [-0.05, 0) is 13.0 Å². The lowest BCUT2D eigenvalue weighted by Crippen LogP contribution is -2.20. The van der Waals surface area contributed by atoms with E-state index in [2.05, 4.69) is 26.2 Å². The number of ether oxygens (including phenoxy) is 1. The van der Waals surface area contributed by atoms with Crippen molar-refractivity contribution in [2.45, 2.75) is 32.6 Å². The molecule has 0 fully saturated rings. The highest BCUT2D eigenvalue weighted by atomic mass is 28.3. The average molecular weight is 158 g/mol. The average Bonchev–Trinajstić information content (AvgIpc) is 1.59. The Bertz CT molecular complexity index is 113. The third-order valence-corrected chi connectivity index (χ3v) is 2.53. The summed E-state index contributed by atoms with van der Waals surface area (Å²) in [5, 5.41) is 0. The molecule has 0 rings (SSSR count). The van der Waals surface area contributed by atoms with Crippen LogP contribution in [0.3, 0.4) is 0 Å². The Kier molecular flexibility index (Phi) is 3.72. The van der Waals surface area contributed by atoms with Gasteiger partial charge in [0.05, 0.1) is 20.4 Å². The number of hydrogen-bond acceptors (Lipinski definition) is 1. The van der Waals surface area contributed by atoms with Crippen molar-refractivity contribution in [2.75, 3.05) is 6.61 Å². The van der Waals surface area contributed by atoms with Crippen molar-refractivity contribution in [1.29, 1.82) is 0 Å². The quantitative estimate of drug-likeness (QED) is 0.451. The summed E-state index contributed by atoms with van der Waals surface area (Å²) < 4.78 is 5.26. The molecule has 0 aromatic carbocycles. The lowest BCUT2D eigenvalue weighted by Gasteiger charge is -2.17. The summed E-state index contributed by atoms with van der Waals surface area (Å²) in [6.07, 6.45) is 0. The molecule has 60 valence electrons. The molecule has 0 aliphatic rings. The smallest absolute Gasteiger partial charge is 0.0861 e. The molecule has 0 aliphatic carbocycles. The Morgan fingerprint density at radius 2 is 1.90 bits per heavy atom. The zero-order valence-electron chi connectivity index (χ0n) is 7.53. The number of rotatable bonds is 4. The zero-order valence-corrected chi connectivity index (χ0v) is 8.53. The first-order valence-corrected chi connectivity index (χ1v) is 7.47. The molecule has 0 aliphatic heterocycles. The van der Waals surface area contributed by atoms with Gasteiger partial charge in [-0.15, -0.1) is 0 Å². The second-order valence-electron chi connectivity index (χ2n) is 3.71. The first-order chi connectivity index (χ1) is 4.45. The van der Waals surface area contributed by atoms with Crippen LogP contribution in [0.15, 0.2) is 12.3 Å². The molecule has 0 saturated heterocycles. The van der Waals surface area contributed by atoms with Crippen LogP contribution in [0, 0.1) is 0 Å². The van der Waals surface area contributed by atoms with E-state index >= 15 is 0 Å². The fourth-order valence-electron chi connectivity index (χ4n) is 0.847. The Balaban J connectivity index is 3.58.